The molecular formula is C11H13F4NO. The standard InChI is InChI=1S/C11H13F4NO/c12-10(13)11(14,15)7-17-6-9-3-1-8(5-16)2-4-9/h1-4,10H,5-7,16H2. The molecule has 2 N–H and O–H groups in total. The minimum atomic E-state index is -4.10. The zero-order valence-corrected chi connectivity index (χ0v) is 9.01. The van der Waals surface area contributed by atoms with Crippen LogP contribution in [0.1, 0.15) is 11.1 Å². The summed E-state index contributed by atoms with van der Waals surface area (Å²) >= 11 is 0. The molecule has 0 aliphatic rings. The zero-order valence-electron chi connectivity index (χ0n) is 9.01. The van der Waals surface area contributed by atoms with Crippen molar-refractivity contribution in [3.63, 3.8) is 0 Å². The molecule has 0 amide bonds. The number of alkyl halides is 4. The van der Waals surface area contributed by atoms with Crippen molar-refractivity contribution in [3.8, 4) is 0 Å². The lowest BCUT2D eigenvalue weighted by Crippen LogP contribution is -2.32. The Morgan fingerprint density at radius 1 is 1.12 bits per heavy atom. The molecule has 17 heavy (non-hydrogen) atoms. The van der Waals surface area contributed by atoms with Crippen LogP contribution in [-0.4, -0.2) is 19.0 Å². The second-order valence-electron chi connectivity index (χ2n) is 3.58. The first-order valence-electron chi connectivity index (χ1n) is 4.97. The summed E-state index contributed by atoms with van der Waals surface area (Å²) in [6.07, 6.45) is -3.71. The zero-order chi connectivity index (χ0) is 12.9. The van der Waals surface area contributed by atoms with Gasteiger partial charge in [-0.15, -0.1) is 0 Å². The molecule has 0 unspecified atom stereocenters. The summed E-state index contributed by atoms with van der Waals surface area (Å²) < 4.78 is 53.1. The summed E-state index contributed by atoms with van der Waals surface area (Å²) in [6, 6.07) is 6.76. The smallest absolute Gasteiger partial charge is 0.330 e. The van der Waals surface area contributed by atoms with Gasteiger partial charge in [-0.1, -0.05) is 24.3 Å². The minimum Gasteiger partial charge on any atom is -0.370 e. The number of rotatable bonds is 6. The maximum Gasteiger partial charge on any atom is 0.330 e. The van der Waals surface area contributed by atoms with Crippen molar-refractivity contribution >= 4 is 0 Å². The predicted molar refractivity (Wildman–Crippen MR) is 54.9 cm³/mol. The van der Waals surface area contributed by atoms with E-state index in [0.717, 1.165) is 5.56 Å². The fraction of sp³-hybridized carbons (Fsp3) is 0.455. The highest BCUT2D eigenvalue weighted by Crippen LogP contribution is 2.23. The second kappa shape index (κ2) is 5.97. The fourth-order valence-corrected chi connectivity index (χ4v) is 1.14. The summed E-state index contributed by atoms with van der Waals surface area (Å²) in [5.41, 5.74) is 6.90. The molecule has 96 valence electrons. The van der Waals surface area contributed by atoms with Crippen LogP contribution in [0, 0.1) is 0 Å². The third kappa shape index (κ3) is 4.32. The monoisotopic (exact) mass is 251 g/mol. The maximum atomic E-state index is 12.5. The van der Waals surface area contributed by atoms with Gasteiger partial charge in [-0.2, -0.15) is 8.78 Å². The Kier molecular flexibility index (Phi) is 4.89. The number of hydrogen-bond donors (Lipinski definition) is 1. The predicted octanol–water partition coefficient (Wildman–Crippen LogP) is 2.56. The average molecular weight is 251 g/mol. The van der Waals surface area contributed by atoms with Crippen molar-refractivity contribution < 1.29 is 22.3 Å². The first-order valence-corrected chi connectivity index (χ1v) is 4.97. The van der Waals surface area contributed by atoms with Crippen LogP contribution in [-0.2, 0) is 17.9 Å². The average Bonchev–Trinajstić information content (AvgIpc) is 2.29. The van der Waals surface area contributed by atoms with E-state index in [-0.39, 0.29) is 6.61 Å². The molecule has 6 heteroatoms. The quantitative estimate of drug-likeness (QED) is 0.788. The van der Waals surface area contributed by atoms with Gasteiger partial charge in [-0.25, -0.2) is 8.78 Å². The van der Waals surface area contributed by atoms with E-state index < -0.39 is 19.0 Å². The summed E-state index contributed by atoms with van der Waals surface area (Å²) in [7, 11) is 0. The molecule has 0 heterocycles. The molecule has 1 rings (SSSR count). The fourth-order valence-electron chi connectivity index (χ4n) is 1.14. The molecule has 0 fully saturated rings. The Morgan fingerprint density at radius 2 is 1.65 bits per heavy atom. The van der Waals surface area contributed by atoms with E-state index in [2.05, 4.69) is 4.74 Å². The van der Waals surface area contributed by atoms with Crippen molar-refractivity contribution in [1.29, 1.82) is 0 Å². The van der Waals surface area contributed by atoms with Gasteiger partial charge in [-0.3, -0.25) is 0 Å². The van der Waals surface area contributed by atoms with Crippen molar-refractivity contribution in [2.45, 2.75) is 25.5 Å². The molecule has 1 aromatic rings. The van der Waals surface area contributed by atoms with Gasteiger partial charge in [0.25, 0.3) is 0 Å². The number of nitrogens with two attached hydrogens (primary N) is 1. The molecule has 0 aromatic heterocycles. The van der Waals surface area contributed by atoms with E-state index >= 15 is 0 Å². The molecule has 2 nitrogen and oxygen atoms in total. The van der Waals surface area contributed by atoms with Crippen LogP contribution < -0.4 is 5.73 Å². The highest BCUT2D eigenvalue weighted by atomic mass is 19.3. The van der Waals surface area contributed by atoms with Gasteiger partial charge in [0.1, 0.15) is 6.61 Å². The third-order valence-corrected chi connectivity index (χ3v) is 2.14. The largest absolute Gasteiger partial charge is 0.370 e. The molecule has 0 atom stereocenters. The lowest BCUT2D eigenvalue weighted by molar-refractivity contribution is -0.168. The number of halogens is 4. The van der Waals surface area contributed by atoms with Gasteiger partial charge in [0.15, 0.2) is 0 Å². The van der Waals surface area contributed by atoms with Crippen molar-refractivity contribution in [2.75, 3.05) is 6.61 Å². The summed E-state index contributed by atoms with van der Waals surface area (Å²) in [6.45, 7) is -1.04. The molecule has 0 saturated carbocycles. The Bertz CT molecular complexity index is 340. The second-order valence-corrected chi connectivity index (χ2v) is 3.58. The number of hydrogen-bond acceptors (Lipinski definition) is 2. The highest BCUT2D eigenvalue weighted by molar-refractivity contribution is 5.21. The van der Waals surface area contributed by atoms with E-state index in [1.165, 1.54) is 0 Å². The lowest BCUT2D eigenvalue weighted by atomic mass is 10.1. The number of ether oxygens (including phenoxy) is 1. The van der Waals surface area contributed by atoms with Gasteiger partial charge in [0.2, 0.25) is 0 Å². The molecule has 0 radical (unpaired) electrons. The first-order chi connectivity index (χ1) is 7.95. The van der Waals surface area contributed by atoms with Crippen molar-refractivity contribution in [1.82, 2.24) is 0 Å². The third-order valence-electron chi connectivity index (χ3n) is 2.14. The molecule has 0 aliphatic heterocycles. The van der Waals surface area contributed by atoms with Crippen LogP contribution in [0.4, 0.5) is 17.6 Å². The van der Waals surface area contributed by atoms with E-state index in [1.54, 1.807) is 24.3 Å². The Hall–Kier alpha value is -1.14. The lowest BCUT2D eigenvalue weighted by Gasteiger charge is -2.15. The van der Waals surface area contributed by atoms with Gasteiger partial charge in [0.05, 0.1) is 6.61 Å². The summed E-state index contributed by atoms with van der Waals surface area (Å²) in [4.78, 5) is 0. The van der Waals surface area contributed by atoms with Crippen LogP contribution in [0.25, 0.3) is 0 Å². The van der Waals surface area contributed by atoms with Gasteiger partial charge in [0, 0.05) is 6.54 Å². The summed E-state index contributed by atoms with van der Waals surface area (Å²) in [5.74, 6) is -4.10. The van der Waals surface area contributed by atoms with Crippen LogP contribution >= 0.6 is 0 Å². The van der Waals surface area contributed by atoms with Crippen molar-refractivity contribution in [3.05, 3.63) is 35.4 Å². The van der Waals surface area contributed by atoms with E-state index in [9.17, 15) is 17.6 Å². The topological polar surface area (TPSA) is 35.2 Å². The molecule has 1 aromatic carbocycles. The SMILES string of the molecule is NCc1ccc(COCC(F)(F)C(F)F)cc1. The van der Waals surface area contributed by atoms with Gasteiger partial charge < -0.3 is 10.5 Å². The normalized spacial score (nSPS) is 12.1. The molecule has 0 bridgehead atoms. The molecule has 0 spiro atoms. The highest BCUT2D eigenvalue weighted by Gasteiger charge is 2.40. The van der Waals surface area contributed by atoms with Crippen LogP contribution in [0.5, 0.6) is 0 Å². The van der Waals surface area contributed by atoms with Gasteiger partial charge in [-0.05, 0) is 11.1 Å². The van der Waals surface area contributed by atoms with Gasteiger partial charge >= 0.3 is 12.3 Å². The summed E-state index contributed by atoms with van der Waals surface area (Å²) in [5, 5.41) is 0. The van der Waals surface area contributed by atoms with Crippen molar-refractivity contribution in [2.24, 2.45) is 5.73 Å². The van der Waals surface area contributed by atoms with Crippen LogP contribution in [0.2, 0.25) is 0 Å². The Balaban J connectivity index is 2.40. The van der Waals surface area contributed by atoms with E-state index in [0.29, 0.717) is 12.1 Å². The van der Waals surface area contributed by atoms with E-state index in [4.69, 9.17) is 5.73 Å². The Morgan fingerprint density at radius 3 is 2.12 bits per heavy atom. The minimum absolute atomic E-state index is 0.132. The number of benzene rings is 1. The van der Waals surface area contributed by atoms with Crippen LogP contribution in [0.3, 0.4) is 0 Å². The molecular weight excluding hydrogens is 238 g/mol. The maximum absolute atomic E-state index is 12.5. The molecule has 0 aliphatic carbocycles. The molecule has 0 saturated heterocycles. The van der Waals surface area contributed by atoms with Crippen LogP contribution in [0.15, 0.2) is 24.3 Å². The Labute approximate surface area is 96.4 Å². The first kappa shape index (κ1) is 13.9. The van der Waals surface area contributed by atoms with E-state index in [1.807, 2.05) is 0 Å².